The van der Waals surface area contributed by atoms with E-state index in [0.717, 1.165) is 23.0 Å². The van der Waals surface area contributed by atoms with Gasteiger partial charge in [0.25, 0.3) is 0 Å². The van der Waals surface area contributed by atoms with Gasteiger partial charge in [0, 0.05) is 17.6 Å². The first-order chi connectivity index (χ1) is 48.3. The van der Waals surface area contributed by atoms with E-state index in [1.54, 1.807) is 28.4 Å². The van der Waals surface area contributed by atoms with Gasteiger partial charge in [0.1, 0.15) is 23.0 Å². The van der Waals surface area contributed by atoms with Gasteiger partial charge in [-0.05, 0) is 138 Å². The molecule has 16 rings (SSSR count). The first-order valence-electron chi connectivity index (χ1n) is 33.8. The summed E-state index contributed by atoms with van der Waals surface area (Å²) >= 11 is -0.826. The third-order valence-corrected chi connectivity index (χ3v) is 26.3. The summed E-state index contributed by atoms with van der Waals surface area (Å²) in [6, 6.07) is 62.6. The van der Waals surface area contributed by atoms with Crippen molar-refractivity contribution in [2.75, 3.05) is 28.4 Å². The fourth-order valence-corrected chi connectivity index (χ4v) is 21.8. The van der Waals surface area contributed by atoms with E-state index >= 15 is 0 Å². The average Bonchev–Trinajstić information content (AvgIpc) is 1.61. The van der Waals surface area contributed by atoms with Crippen LogP contribution in [0.2, 0.25) is 13.1 Å². The van der Waals surface area contributed by atoms with Gasteiger partial charge in [-0.25, -0.2) is 0 Å². The molecule has 0 aliphatic heterocycles. The maximum absolute atomic E-state index is 5.47. The van der Waals surface area contributed by atoms with Crippen LogP contribution in [0.25, 0.3) is 67.4 Å². The number of allylic oxidation sites excluding steroid dienone is 12. The van der Waals surface area contributed by atoms with Crippen LogP contribution in [0.1, 0.15) is 113 Å². The Balaban J connectivity index is 0.000000163. The molecule has 4 nitrogen and oxygen atoms in total. The monoisotopic (exact) mass is 1440 g/mol. The van der Waals surface area contributed by atoms with Gasteiger partial charge >= 0.3 is 37.9 Å². The molecule has 0 saturated heterocycles. The number of rotatable bonds is 12. The standard InChI is InChI=1S/2C45H39O2Si.2ClH.Zr/c2*1-28-22-42-38(34-16-14-32-26-36(46-3)20-18-30(32)24-34)10-6-8-12-40(42)44(28)48(5)45-29(2)23-43-39(11-7-9-13-41(43)45)35-17-15-33-27-37(47-4)21-19-31(33)25-35;;;/h2*6-27,38-39H,1-5H3;2*1H;/q2*-2;;;+2/p-2. The van der Waals surface area contributed by atoms with E-state index in [2.05, 4.69) is 308 Å². The van der Waals surface area contributed by atoms with Crippen molar-refractivity contribution in [2.24, 2.45) is 0 Å². The van der Waals surface area contributed by atoms with Crippen LogP contribution in [0.15, 0.2) is 243 Å². The van der Waals surface area contributed by atoms with Crippen LogP contribution in [0.3, 0.4) is 0 Å². The van der Waals surface area contributed by atoms with Crippen LogP contribution in [0.4, 0.5) is 0 Å². The molecular formula is C90H78Cl2O4Si2Zr-4. The third-order valence-electron chi connectivity index (χ3n) is 20.7. The van der Waals surface area contributed by atoms with Crippen LogP contribution < -0.4 is 39.7 Å². The van der Waals surface area contributed by atoms with Gasteiger partial charge in [-0.2, -0.15) is 68.8 Å². The van der Waals surface area contributed by atoms with E-state index in [0.29, 0.717) is 0 Å². The summed E-state index contributed by atoms with van der Waals surface area (Å²) in [6.07, 6.45) is 36.7. The molecule has 4 aliphatic rings. The van der Waals surface area contributed by atoms with Crippen molar-refractivity contribution in [2.45, 2.75) is 64.5 Å². The van der Waals surface area contributed by atoms with Crippen LogP contribution in [-0.2, 0) is 20.8 Å². The molecule has 99 heavy (non-hydrogen) atoms. The number of hydrogen-bond donors (Lipinski definition) is 0. The van der Waals surface area contributed by atoms with Crippen molar-refractivity contribution < 1.29 is 39.8 Å². The zero-order chi connectivity index (χ0) is 68.6. The van der Waals surface area contributed by atoms with Crippen LogP contribution in [0, 0.1) is 27.7 Å². The van der Waals surface area contributed by atoms with Gasteiger partial charge in [0.05, 0.1) is 28.4 Å². The number of methoxy groups -OCH3 is 4. The van der Waals surface area contributed by atoms with Gasteiger partial charge in [-0.3, -0.25) is 0 Å². The van der Waals surface area contributed by atoms with Gasteiger partial charge in [0.2, 0.25) is 0 Å². The molecule has 4 aliphatic carbocycles. The Labute approximate surface area is 605 Å². The molecule has 0 heterocycles. The quantitative estimate of drug-likeness (QED) is 0.0902. The van der Waals surface area contributed by atoms with E-state index in [-0.39, 0.29) is 23.7 Å². The predicted octanol–water partition coefficient (Wildman–Crippen LogP) is 20.8. The number of benzene rings is 8. The van der Waals surface area contributed by atoms with E-state index in [1.165, 1.54) is 153 Å². The molecule has 0 amide bonds. The molecule has 0 bridgehead atoms. The molecule has 0 aromatic heterocycles. The minimum atomic E-state index is -1.11. The van der Waals surface area contributed by atoms with Gasteiger partial charge < -0.3 is 18.9 Å². The summed E-state index contributed by atoms with van der Waals surface area (Å²) < 4.78 is 21.9. The maximum atomic E-state index is 5.47. The Hall–Kier alpha value is -8.78. The molecule has 2 radical (unpaired) electrons. The molecule has 492 valence electrons. The van der Waals surface area contributed by atoms with Crippen molar-refractivity contribution in [1.29, 1.82) is 0 Å². The third kappa shape index (κ3) is 13.1. The van der Waals surface area contributed by atoms with Gasteiger partial charge in [-0.15, -0.1) is 91.6 Å². The zero-order valence-electron chi connectivity index (χ0n) is 57.6. The summed E-state index contributed by atoms with van der Waals surface area (Å²) in [5, 5.41) is 15.9. The number of aryl methyl sites for hydroxylation is 4. The van der Waals surface area contributed by atoms with Gasteiger partial charge in [0.15, 0.2) is 0 Å². The second-order valence-electron chi connectivity index (χ2n) is 26.4. The second-order valence-corrected chi connectivity index (χ2v) is 34.6. The van der Waals surface area contributed by atoms with Crippen molar-refractivity contribution in [3.63, 3.8) is 0 Å². The van der Waals surface area contributed by atoms with Crippen molar-refractivity contribution >= 4 is 123 Å². The van der Waals surface area contributed by atoms with Crippen molar-refractivity contribution in [3.05, 3.63) is 332 Å². The van der Waals surface area contributed by atoms with E-state index < -0.39 is 38.4 Å². The van der Waals surface area contributed by atoms with Crippen LogP contribution in [0.5, 0.6) is 23.0 Å². The summed E-state index contributed by atoms with van der Waals surface area (Å²) in [4.78, 5) is 0. The molecule has 4 unspecified atom stereocenters. The Bertz CT molecular complexity index is 4690. The zero-order valence-corrected chi connectivity index (χ0v) is 63.6. The normalized spacial score (nSPS) is 16.3. The molecular weight excluding hydrogens is 1360 g/mol. The van der Waals surface area contributed by atoms with Crippen LogP contribution in [-0.4, -0.2) is 46.0 Å². The molecule has 9 heteroatoms. The summed E-state index contributed by atoms with van der Waals surface area (Å²) in [5.41, 5.74) is 22.1. The fraction of sp³-hybridized carbons (Fsp3) is 0.156. The van der Waals surface area contributed by atoms with E-state index in [1.807, 2.05) is 0 Å². The molecule has 12 aromatic carbocycles. The molecule has 0 fully saturated rings. The van der Waals surface area contributed by atoms with E-state index in [9.17, 15) is 0 Å². The van der Waals surface area contributed by atoms with E-state index in [4.69, 9.17) is 36.0 Å². The number of fused-ring (bicyclic) bond motifs is 8. The molecule has 0 N–H and O–H groups in total. The second kappa shape index (κ2) is 29.2. The van der Waals surface area contributed by atoms with Crippen molar-refractivity contribution in [3.8, 4) is 23.0 Å². The molecule has 12 aromatic rings. The topological polar surface area (TPSA) is 36.9 Å². The molecule has 0 spiro atoms. The average molecular weight is 1440 g/mol. The Morgan fingerprint density at radius 1 is 0.293 bits per heavy atom. The number of halogens is 2. The van der Waals surface area contributed by atoms with Crippen LogP contribution >= 0.6 is 17.0 Å². The Morgan fingerprint density at radius 3 is 0.707 bits per heavy atom. The Kier molecular flexibility index (Phi) is 19.9. The summed E-state index contributed by atoms with van der Waals surface area (Å²) in [6.45, 7) is 14.3. The number of hydrogen-bond acceptors (Lipinski definition) is 4. The molecule has 0 saturated carbocycles. The predicted molar refractivity (Wildman–Crippen MR) is 423 cm³/mol. The Morgan fingerprint density at radius 2 is 0.495 bits per heavy atom. The first kappa shape index (κ1) is 67.4. The molecule has 4 atom stereocenters. The minimum absolute atomic E-state index is 0.197. The fourth-order valence-electron chi connectivity index (χ4n) is 16.1. The first-order valence-corrected chi connectivity index (χ1v) is 44.2. The van der Waals surface area contributed by atoms with Crippen molar-refractivity contribution in [1.82, 2.24) is 0 Å². The number of ether oxygens (including phenoxy) is 4. The summed E-state index contributed by atoms with van der Waals surface area (Å²) in [5.74, 6) is 4.35. The van der Waals surface area contributed by atoms with Gasteiger partial charge in [-0.1, -0.05) is 186 Å². The summed E-state index contributed by atoms with van der Waals surface area (Å²) in [7, 11) is 14.5. The SMILES string of the molecule is COc1ccc2cc(C3C=CC=Cc4c3cc(C)[c-]4[Si](C)[c-]3c(C)cc4c3C=CC=CC4c3ccc4cc(OC)ccc4c3)ccc2c1.COc1ccc2cc(C3C=CC=Cc4c3cc(C)[c-]4[Si](C)[c-]3c(C)cc4c3C=CC=CC4c3ccc4cc(OC)ccc4c3)ccc2c1.[Cl][Zr][Cl].